The fraction of sp³-hybridized carbons (Fsp3) is 0.500. The van der Waals surface area contributed by atoms with Crippen molar-refractivity contribution in [2.45, 2.75) is 57.6 Å². The zero-order valence-corrected chi connectivity index (χ0v) is 14.9. The number of aryl methyl sites for hydroxylation is 3. The van der Waals surface area contributed by atoms with Gasteiger partial charge >= 0.3 is 0 Å². The summed E-state index contributed by atoms with van der Waals surface area (Å²) in [7, 11) is 0. The molecule has 23 heavy (non-hydrogen) atoms. The molecule has 0 fully saturated rings. The molecule has 0 aliphatic rings. The first-order valence-corrected chi connectivity index (χ1v) is 8.64. The second-order valence-electron chi connectivity index (χ2n) is 5.45. The lowest BCUT2D eigenvalue weighted by Crippen LogP contribution is -2.31. The van der Waals surface area contributed by atoms with E-state index in [-0.39, 0.29) is 11.2 Å². The van der Waals surface area contributed by atoms with Crippen molar-refractivity contribution in [2.24, 2.45) is 0 Å². The Kier molecular flexibility index (Phi) is 6.15. The first kappa shape index (κ1) is 17.5. The van der Waals surface area contributed by atoms with Gasteiger partial charge in [0.05, 0.1) is 11.8 Å². The van der Waals surface area contributed by atoms with Crippen molar-refractivity contribution in [1.29, 1.82) is 0 Å². The first-order valence-electron chi connectivity index (χ1n) is 7.76. The summed E-state index contributed by atoms with van der Waals surface area (Å²) < 4.78 is 2.06. The molecular weight excluding hydrogens is 310 g/mol. The number of carbonyl (C=O) groups excluding carboxylic acids is 1. The molecule has 2 rings (SSSR count). The maximum Gasteiger partial charge on any atom is 0.233 e. The molecule has 2 aromatic heterocycles. The highest BCUT2D eigenvalue weighted by Crippen LogP contribution is 2.20. The lowest BCUT2D eigenvalue weighted by atomic mass is 10.4. The molecule has 1 N–H and O–H groups in total. The minimum absolute atomic E-state index is 0.0381. The van der Waals surface area contributed by atoms with E-state index in [1.165, 1.54) is 11.8 Å². The van der Waals surface area contributed by atoms with E-state index < -0.39 is 0 Å². The number of nitrogens with zero attached hydrogens (tertiary/aromatic N) is 4. The van der Waals surface area contributed by atoms with Crippen molar-refractivity contribution in [2.75, 3.05) is 0 Å². The molecule has 0 aliphatic carbocycles. The molecule has 124 valence electrons. The second-order valence-corrected chi connectivity index (χ2v) is 6.76. The van der Waals surface area contributed by atoms with Crippen LogP contribution in [-0.2, 0) is 17.9 Å². The van der Waals surface area contributed by atoms with E-state index in [9.17, 15) is 4.79 Å². The summed E-state index contributed by atoms with van der Waals surface area (Å²) in [5.74, 6) is 0.837. The highest BCUT2D eigenvalue weighted by Gasteiger charge is 2.16. The Labute approximate surface area is 141 Å². The molecule has 1 atom stereocenters. The van der Waals surface area contributed by atoms with Gasteiger partial charge in [0.25, 0.3) is 0 Å². The largest absolute Gasteiger partial charge is 0.348 e. The van der Waals surface area contributed by atoms with Crippen LogP contribution in [0, 0.1) is 13.8 Å². The molecule has 0 saturated carbocycles. The van der Waals surface area contributed by atoms with Crippen LogP contribution in [0.4, 0.5) is 0 Å². The van der Waals surface area contributed by atoms with Gasteiger partial charge in [-0.1, -0.05) is 18.7 Å². The van der Waals surface area contributed by atoms with Crippen molar-refractivity contribution < 1.29 is 4.79 Å². The van der Waals surface area contributed by atoms with Gasteiger partial charge in [0.15, 0.2) is 5.16 Å². The summed E-state index contributed by atoms with van der Waals surface area (Å²) >= 11 is 1.37. The standard InChI is InChI=1S/C16H23N5OS/c1-5-7-21-8-6-17-14(21)10-18-15(22)13(4)23-16-19-11(2)9-12(3)20-16/h6,8-9,13H,5,7,10H2,1-4H3,(H,18,22)/t13-/m0/s1. The summed E-state index contributed by atoms with van der Waals surface area (Å²) in [5, 5.41) is 3.31. The van der Waals surface area contributed by atoms with Crippen LogP contribution in [0.15, 0.2) is 23.6 Å². The van der Waals surface area contributed by atoms with Crippen LogP contribution in [0.1, 0.15) is 37.5 Å². The average Bonchev–Trinajstić information content (AvgIpc) is 2.91. The van der Waals surface area contributed by atoms with Gasteiger partial charge in [-0.2, -0.15) is 0 Å². The van der Waals surface area contributed by atoms with Crippen molar-refractivity contribution in [3.8, 4) is 0 Å². The molecule has 0 saturated heterocycles. The van der Waals surface area contributed by atoms with Crippen molar-refractivity contribution >= 4 is 17.7 Å². The number of nitrogens with one attached hydrogen (secondary N) is 1. The van der Waals surface area contributed by atoms with Crippen molar-refractivity contribution in [3.63, 3.8) is 0 Å². The number of rotatable bonds is 7. The monoisotopic (exact) mass is 333 g/mol. The third-order valence-corrected chi connectivity index (χ3v) is 4.26. The lowest BCUT2D eigenvalue weighted by molar-refractivity contribution is -0.120. The van der Waals surface area contributed by atoms with Gasteiger partial charge in [0.2, 0.25) is 5.91 Å². The van der Waals surface area contributed by atoms with Gasteiger partial charge in [-0.15, -0.1) is 0 Å². The smallest absolute Gasteiger partial charge is 0.233 e. The van der Waals surface area contributed by atoms with Crippen molar-refractivity contribution in [1.82, 2.24) is 24.8 Å². The summed E-state index contributed by atoms with van der Waals surface area (Å²) in [4.78, 5) is 25.3. The van der Waals surface area contributed by atoms with Gasteiger partial charge in [-0.25, -0.2) is 15.0 Å². The van der Waals surface area contributed by atoms with E-state index in [1.807, 2.05) is 33.0 Å². The third kappa shape index (κ3) is 5.06. The minimum Gasteiger partial charge on any atom is -0.348 e. The zero-order chi connectivity index (χ0) is 16.8. The van der Waals surface area contributed by atoms with E-state index in [0.29, 0.717) is 11.7 Å². The van der Waals surface area contributed by atoms with Crippen LogP contribution in [0.2, 0.25) is 0 Å². The van der Waals surface area contributed by atoms with Crippen LogP contribution in [0.5, 0.6) is 0 Å². The predicted octanol–water partition coefficient (Wildman–Crippen LogP) is 2.50. The van der Waals surface area contributed by atoms with Crippen molar-refractivity contribution in [3.05, 3.63) is 35.7 Å². The number of aromatic nitrogens is 4. The maximum atomic E-state index is 12.3. The molecule has 0 bridgehead atoms. The van der Waals surface area contributed by atoms with E-state index in [2.05, 4.69) is 31.8 Å². The molecular formula is C16H23N5OS. The Balaban J connectivity index is 1.91. The van der Waals surface area contributed by atoms with Crippen LogP contribution in [-0.4, -0.2) is 30.7 Å². The first-order chi connectivity index (χ1) is 11.0. The number of thioether (sulfide) groups is 1. The summed E-state index contributed by atoms with van der Waals surface area (Å²) in [6.07, 6.45) is 4.73. The van der Waals surface area contributed by atoms with Gasteiger partial charge in [-0.3, -0.25) is 4.79 Å². The molecule has 2 aromatic rings. The Bertz CT molecular complexity index is 650. The number of hydrogen-bond acceptors (Lipinski definition) is 5. The molecule has 7 heteroatoms. The number of imidazole rings is 1. The Morgan fingerprint density at radius 1 is 1.35 bits per heavy atom. The minimum atomic E-state index is -0.259. The lowest BCUT2D eigenvalue weighted by Gasteiger charge is -2.12. The molecule has 0 aliphatic heterocycles. The van der Waals surface area contributed by atoms with E-state index in [1.54, 1.807) is 6.20 Å². The van der Waals surface area contributed by atoms with E-state index >= 15 is 0 Å². The van der Waals surface area contributed by atoms with Gasteiger partial charge in [0, 0.05) is 30.3 Å². The molecule has 6 nitrogen and oxygen atoms in total. The van der Waals surface area contributed by atoms with E-state index in [0.717, 1.165) is 30.2 Å². The van der Waals surface area contributed by atoms with Gasteiger partial charge in [-0.05, 0) is 33.3 Å². The van der Waals surface area contributed by atoms with Gasteiger partial charge < -0.3 is 9.88 Å². The van der Waals surface area contributed by atoms with E-state index in [4.69, 9.17) is 0 Å². The number of carbonyl (C=O) groups is 1. The molecule has 0 radical (unpaired) electrons. The maximum absolute atomic E-state index is 12.3. The average molecular weight is 333 g/mol. The Hall–Kier alpha value is -1.89. The quantitative estimate of drug-likeness (QED) is 0.622. The summed E-state index contributed by atoms with van der Waals surface area (Å²) in [6.45, 7) is 9.18. The van der Waals surface area contributed by atoms with Crippen LogP contribution in [0.3, 0.4) is 0 Å². The summed E-state index contributed by atoms with van der Waals surface area (Å²) in [5.41, 5.74) is 1.82. The number of amides is 1. The zero-order valence-electron chi connectivity index (χ0n) is 14.0. The fourth-order valence-corrected chi connectivity index (χ4v) is 3.12. The topological polar surface area (TPSA) is 72.7 Å². The van der Waals surface area contributed by atoms with Crippen LogP contribution < -0.4 is 5.32 Å². The highest BCUT2D eigenvalue weighted by atomic mass is 32.2. The summed E-state index contributed by atoms with van der Waals surface area (Å²) in [6, 6.07) is 1.92. The number of hydrogen-bond donors (Lipinski definition) is 1. The SMILES string of the molecule is CCCn1ccnc1CNC(=O)[C@H](C)Sc1nc(C)cc(C)n1. The van der Waals surface area contributed by atoms with Crippen LogP contribution >= 0.6 is 11.8 Å². The van der Waals surface area contributed by atoms with Crippen LogP contribution in [0.25, 0.3) is 0 Å². The fourth-order valence-electron chi connectivity index (χ4n) is 2.22. The molecule has 0 spiro atoms. The molecule has 0 aromatic carbocycles. The van der Waals surface area contributed by atoms with Gasteiger partial charge in [0.1, 0.15) is 5.82 Å². The second kappa shape index (κ2) is 8.10. The normalized spacial score (nSPS) is 12.2. The molecule has 1 amide bonds. The Morgan fingerprint density at radius 3 is 2.70 bits per heavy atom. The predicted molar refractivity (Wildman–Crippen MR) is 91.2 cm³/mol. The molecule has 2 heterocycles. The highest BCUT2D eigenvalue weighted by molar-refractivity contribution is 8.00. The third-order valence-electron chi connectivity index (χ3n) is 3.30. The Morgan fingerprint density at radius 2 is 2.04 bits per heavy atom. The molecule has 0 unspecified atom stereocenters.